The highest BCUT2D eigenvalue weighted by Gasteiger charge is 2.19. The summed E-state index contributed by atoms with van der Waals surface area (Å²) in [6.45, 7) is 0.445. The number of rotatable bonds is 4. The second-order valence-corrected chi connectivity index (χ2v) is 5.43. The number of para-hydroxylation sites is 2. The van der Waals surface area contributed by atoms with Crippen molar-refractivity contribution in [1.29, 1.82) is 0 Å². The fourth-order valence-electron chi connectivity index (χ4n) is 2.67. The lowest BCUT2D eigenvalue weighted by Crippen LogP contribution is -2.04. The molecule has 0 fully saturated rings. The molecule has 0 radical (unpaired) electrons. The van der Waals surface area contributed by atoms with Crippen LogP contribution in [0.4, 0.5) is 11.5 Å². The van der Waals surface area contributed by atoms with Crippen molar-refractivity contribution in [3.05, 3.63) is 64.2 Å². The van der Waals surface area contributed by atoms with Crippen molar-refractivity contribution in [2.45, 2.75) is 6.54 Å². The summed E-state index contributed by atoms with van der Waals surface area (Å²) in [5.74, 6) is 0.679. The van der Waals surface area contributed by atoms with Crippen LogP contribution in [-0.4, -0.2) is 24.8 Å². The first kappa shape index (κ1) is 14.8. The quantitative estimate of drug-likeness (QED) is 0.448. The monoisotopic (exact) mass is 336 g/mol. The Labute approximate surface area is 140 Å². The third kappa shape index (κ3) is 2.57. The predicted octanol–water partition coefficient (Wildman–Crippen LogP) is 2.63. The SMILES string of the molecule is Nc1nonc1-c1nc2ccccc2n1Cc1ccc([N+](=O)[O-])cc1. The van der Waals surface area contributed by atoms with Crippen molar-refractivity contribution in [2.24, 2.45) is 0 Å². The summed E-state index contributed by atoms with van der Waals surface area (Å²) in [5, 5.41) is 18.2. The minimum atomic E-state index is -0.427. The smallest absolute Gasteiger partial charge is 0.269 e. The van der Waals surface area contributed by atoms with Crippen LogP contribution in [0, 0.1) is 10.1 Å². The molecule has 9 heteroatoms. The summed E-state index contributed by atoms with van der Waals surface area (Å²) < 4.78 is 6.61. The second kappa shape index (κ2) is 5.71. The summed E-state index contributed by atoms with van der Waals surface area (Å²) in [7, 11) is 0. The van der Waals surface area contributed by atoms with Gasteiger partial charge < -0.3 is 10.3 Å². The lowest BCUT2D eigenvalue weighted by molar-refractivity contribution is -0.384. The van der Waals surface area contributed by atoms with Gasteiger partial charge in [0.15, 0.2) is 17.3 Å². The van der Waals surface area contributed by atoms with E-state index in [2.05, 4.69) is 19.9 Å². The molecule has 4 rings (SSSR count). The number of hydrogen-bond donors (Lipinski definition) is 1. The lowest BCUT2D eigenvalue weighted by atomic mass is 10.2. The Morgan fingerprint density at radius 1 is 1.12 bits per heavy atom. The molecule has 4 aromatic rings. The molecule has 124 valence electrons. The van der Waals surface area contributed by atoms with E-state index in [1.54, 1.807) is 12.1 Å². The van der Waals surface area contributed by atoms with E-state index in [0.29, 0.717) is 18.1 Å². The first-order valence-corrected chi connectivity index (χ1v) is 7.40. The molecule has 0 saturated heterocycles. The fourth-order valence-corrected chi connectivity index (χ4v) is 2.67. The van der Waals surface area contributed by atoms with E-state index in [-0.39, 0.29) is 11.5 Å². The van der Waals surface area contributed by atoms with Crippen LogP contribution in [0.15, 0.2) is 53.2 Å². The van der Waals surface area contributed by atoms with Gasteiger partial charge in [-0.25, -0.2) is 9.61 Å². The fraction of sp³-hybridized carbons (Fsp3) is 0.0625. The number of fused-ring (bicyclic) bond motifs is 1. The van der Waals surface area contributed by atoms with E-state index in [1.807, 2.05) is 28.8 Å². The zero-order valence-electron chi connectivity index (χ0n) is 12.9. The molecule has 2 N–H and O–H groups in total. The minimum absolute atomic E-state index is 0.0457. The van der Waals surface area contributed by atoms with Crippen molar-refractivity contribution < 1.29 is 9.55 Å². The number of nitrogens with two attached hydrogens (primary N) is 1. The molecule has 0 atom stereocenters. The van der Waals surface area contributed by atoms with Crippen molar-refractivity contribution in [3.8, 4) is 11.5 Å². The molecule has 0 aliphatic rings. The summed E-state index contributed by atoms with van der Waals surface area (Å²) in [4.78, 5) is 14.9. The van der Waals surface area contributed by atoms with Crippen LogP contribution in [0.1, 0.15) is 5.56 Å². The van der Waals surface area contributed by atoms with Gasteiger partial charge in [0.2, 0.25) is 0 Å². The van der Waals surface area contributed by atoms with E-state index >= 15 is 0 Å². The largest absolute Gasteiger partial charge is 0.379 e. The number of anilines is 1. The van der Waals surface area contributed by atoms with E-state index in [4.69, 9.17) is 5.73 Å². The van der Waals surface area contributed by atoms with Gasteiger partial charge in [-0.1, -0.05) is 24.3 Å². The topological polar surface area (TPSA) is 126 Å². The van der Waals surface area contributed by atoms with E-state index in [9.17, 15) is 10.1 Å². The Morgan fingerprint density at radius 3 is 2.56 bits per heavy atom. The Kier molecular flexibility index (Phi) is 3.38. The third-order valence-electron chi connectivity index (χ3n) is 3.87. The van der Waals surface area contributed by atoms with Crippen LogP contribution in [0.25, 0.3) is 22.6 Å². The first-order chi connectivity index (χ1) is 12.1. The maximum Gasteiger partial charge on any atom is 0.269 e. The van der Waals surface area contributed by atoms with Crippen LogP contribution in [0.5, 0.6) is 0 Å². The lowest BCUT2D eigenvalue weighted by Gasteiger charge is -2.08. The van der Waals surface area contributed by atoms with Gasteiger partial charge in [-0.05, 0) is 28.0 Å². The maximum atomic E-state index is 10.8. The van der Waals surface area contributed by atoms with Crippen molar-refractivity contribution in [1.82, 2.24) is 19.9 Å². The van der Waals surface area contributed by atoms with Gasteiger partial charge >= 0.3 is 0 Å². The van der Waals surface area contributed by atoms with Crippen LogP contribution in [0.2, 0.25) is 0 Å². The van der Waals surface area contributed by atoms with Gasteiger partial charge in [0, 0.05) is 18.7 Å². The van der Waals surface area contributed by atoms with E-state index in [0.717, 1.165) is 16.6 Å². The Bertz CT molecular complexity index is 1070. The van der Waals surface area contributed by atoms with Crippen molar-refractivity contribution in [2.75, 3.05) is 5.73 Å². The van der Waals surface area contributed by atoms with Gasteiger partial charge in [-0.3, -0.25) is 10.1 Å². The molecule has 25 heavy (non-hydrogen) atoms. The van der Waals surface area contributed by atoms with E-state index in [1.165, 1.54) is 12.1 Å². The summed E-state index contributed by atoms with van der Waals surface area (Å²) >= 11 is 0. The van der Waals surface area contributed by atoms with Gasteiger partial charge in [-0.2, -0.15) is 0 Å². The van der Waals surface area contributed by atoms with Crippen molar-refractivity contribution in [3.63, 3.8) is 0 Å². The zero-order valence-corrected chi connectivity index (χ0v) is 12.9. The molecule has 0 bridgehead atoms. The molecule has 0 unspecified atom stereocenters. The van der Waals surface area contributed by atoms with E-state index < -0.39 is 4.92 Å². The molecule has 2 heterocycles. The second-order valence-electron chi connectivity index (χ2n) is 5.43. The maximum absolute atomic E-state index is 10.8. The number of nitro benzene ring substituents is 1. The molecule has 9 nitrogen and oxygen atoms in total. The minimum Gasteiger partial charge on any atom is -0.379 e. The standard InChI is InChI=1S/C16H12N6O3/c17-15-14(19-25-20-15)16-18-12-3-1-2-4-13(12)21(16)9-10-5-7-11(8-6-10)22(23)24/h1-8H,9H2,(H2,17,20). The molecule has 0 saturated carbocycles. The van der Waals surface area contributed by atoms with Crippen LogP contribution < -0.4 is 5.73 Å². The van der Waals surface area contributed by atoms with Gasteiger partial charge in [0.1, 0.15) is 0 Å². The average molecular weight is 336 g/mol. The molecular weight excluding hydrogens is 324 g/mol. The average Bonchev–Trinajstić information content (AvgIpc) is 3.19. The molecular formula is C16H12N6O3. The molecule has 2 aromatic carbocycles. The number of nitro groups is 1. The Balaban J connectivity index is 1.82. The predicted molar refractivity (Wildman–Crippen MR) is 89.6 cm³/mol. The first-order valence-electron chi connectivity index (χ1n) is 7.40. The summed E-state index contributed by atoms with van der Waals surface area (Å²) in [6.07, 6.45) is 0. The number of aromatic nitrogens is 4. The normalized spacial score (nSPS) is 11.0. The van der Waals surface area contributed by atoms with Gasteiger partial charge in [0.25, 0.3) is 5.69 Å². The molecule has 0 spiro atoms. The highest BCUT2D eigenvalue weighted by atomic mass is 16.6. The summed E-state index contributed by atoms with van der Waals surface area (Å²) in [5.41, 5.74) is 8.77. The van der Waals surface area contributed by atoms with Gasteiger partial charge in [0.05, 0.1) is 16.0 Å². The Hall–Kier alpha value is -3.75. The Morgan fingerprint density at radius 2 is 1.88 bits per heavy atom. The van der Waals surface area contributed by atoms with Crippen LogP contribution in [-0.2, 0) is 6.54 Å². The molecule has 0 aliphatic carbocycles. The van der Waals surface area contributed by atoms with Gasteiger partial charge in [-0.15, -0.1) is 0 Å². The number of benzene rings is 2. The number of non-ortho nitro benzene ring substituents is 1. The molecule has 0 amide bonds. The van der Waals surface area contributed by atoms with Crippen LogP contribution in [0.3, 0.4) is 0 Å². The molecule has 0 aliphatic heterocycles. The number of nitrogen functional groups attached to an aromatic ring is 1. The number of nitrogens with zero attached hydrogens (tertiary/aromatic N) is 5. The highest BCUT2D eigenvalue weighted by molar-refractivity contribution is 5.81. The number of hydrogen-bond acceptors (Lipinski definition) is 7. The summed E-state index contributed by atoms with van der Waals surface area (Å²) in [6, 6.07) is 14.0. The molecule has 2 aromatic heterocycles. The third-order valence-corrected chi connectivity index (χ3v) is 3.87. The van der Waals surface area contributed by atoms with Crippen LogP contribution >= 0.6 is 0 Å². The highest BCUT2D eigenvalue weighted by Crippen LogP contribution is 2.27. The van der Waals surface area contributed by atoms with Crippen molar-refractivity contribution >= 4 is 22.5 Å². The zero-order chi connectivity index (χ0) is 17.4. The number of imidazole rings is 1.